The molecule has 0 saturated carbocycles. The summed E-state index contributed by atoms with van der Waals surface area (Å²) in [6, 6.07) is 7.79. The Labute approximate surface area is 121 Å². The zero-order valence-electron chi connectivity index (χ0n) is 11.5. The molecule has 0 spiro atoms. The van der Waals surface area contributed by atoms with Crippen LogP contribution in [0.5, 0.6) is 5.75 Å². The van der Waals surface area contributed by atoms with Gasteiger partial charge in [-0.15, -0.1) is 12.4 Å². The second-order valence-electron chi connectivity index (χ2n) is 4.32. The number of hydrogen-bond donors (Lipinski definition) is 2. The standard InChI is InChI=1S/C14H22N2O2.ClH/c1-3-18-13-7-5-4-6-12(13)8-9-16-14(17)10-11(2)15;/h4-7,11H,3,8-10,15H2,1-2H3,(H,16,17);1H. The Morgan fingerprint density at radius 1 is 1.42 bits per heavy atom. The molecule has 0 heterocycles. The largest absolute Gasteiger partial charge is 0.494 e. The maximum Gasteiger partial charge on any atom is 0.221 e. The van der Waals surface area contributed by atoms with E-state index >= 15 is 0 Å². The minimum Gasteiger partial charge on any atom is -0.494 e. The zero-order chi connectivity index (χ0) is 13.4. The van der Waals surface area contributed by atoms with E-state index in [2.05, 4.69) is 5.32 Å². The Bertz CT molecular complexity index is 383. The molecule has 4 nitrogen and oxygen atoms in total. The van der Waals surface area contributed by atoms with Crippen molar-refractivity contribution >= 4 is 18.3 Å². The van der Waals surface area contributed by atoms with Crippen LogP contribution in [-0.2, 0) is 11.2 Å². The molecule has 1 amide bonds. The summed E-state index contributed by atoms with van der Waals surface area (Å²) >= 11 is 0. The first-order chi connectivity index (χ1) is 8.63. The summed E-state index contributed by atoms with van der Waals surface area (Å²) in [5.74, 6) is 0.889. The second kappa shape index (κ2) is 9.64. The number of benzene rings is 1. The SMILES string of the molecule is CCOc1ccccc1CCNC(=O)CC(C)N.Cl. The molecule has 0 aliphatic carbocycles. The molecule has 108 valence electrons. The summed E-state index contributed by atoms with van der Waals surface area (Å²) in [5, 5.41) is 2.86. The molecular weight excluding hydrogens is 264 g/mol. The Kier molecular flexibility index (Phi) is 9.00. The molecule has 0 saturated heterocycles. The van der Waals surface area contributed by atoms with E-state index in [0.29, 0.717) is 19.6 Å². The van der Waals surface area contributed by atoms with Crippen molar-refractivity contribution in [3.63, 3.8) is 0 Å². The van der Waals surface area contributed by atoms with E-state index in [1.807, 2.05) is 38.1 Å². The normalized spacial score (nSPS) is 11.3. The van der Waals surface area contributed by atoms with Gasteiger partial charge >= 0.3 is 0 Å². The van der Waals surface area contributed by atoms with Gasteiger partial charge in [-0.05, 0) is 31.9 Å². The second-order valence-corrected chi connectivity index (χ2v) is 4.32. The third kappa shape index (κ3) is 7.03. The van der Waals surface area contributed by atoms with E-state index in [4.69, 9.17) is 10.5 Å². The van der Waals surface area contributed by atoms with E-state index < -0.39 is 0 Å². The number of nitrogens with one attached hydrogen (secondary N) is 1. The fourth-order valence-corrected chi connectivity index (χ4v) is 1.71. The predicted octanol–water partition coefficient (Wildman–Crippen LogP) is 1.90. The van der Waals surface area contributed by atoms with Gasteiger partial charge in [-0.3, -0.25) is 4.79 Å². The Morgan fingerprint density at radius 2 is 2.11 bits per heavy atom. The molecule has 0 bridgehead atoms. The van der Waals surface area contributed by atoms with Gasteiger partial charge < -0.3 is 15.8 Å². The fourth-order valence-electron chi connectivity index (χ4n) is 1.71. The van der Waals surface area contributed by atoms with Crippen molar-refractivity contribution in [2.24, 2.45) is 5.73 Å². The molecular formula is C14H23ClN2O2. The van der Waals surface area contributed by atoms with Crippen molar-refractivity contribution in [3.8, 4) is 5.75 Å². The number of carbonyl (C=O) groups is 1. The van der Waals surface area contributed by atoms with E-state index in [9.17, 15) is 4.79 Å². The maximum atomic E-state index is 11.4. The van der Waals surface area contributed by atoms with Gasteiger partial charge in [-0.2, -0.15) is 0 Å². The van der Waals surface area contributed by atoms with E-state index in [0.717, 1.165) is 17.7 Å². The highest BCUT2D eigenvalue weighted by molar-refractivity contribution is 5.85. The van der Waals surface area contributed by atoms with Gasteiger partial charge in [0.15, 0.2) is 0 Å². The van der Waals surface area contributed by atoms with Crippen LogP contribution < -0.4 is 15.8 Å². The minimum absolute atomic E-state index is 0. The predicted molar refractivity (Wildman–Crippen MR) is 79.8 cm³/mol. The number of hydrogen-bond acceptors (Lipinski definition) is 3. The lowest BCUT2D eigenvalue weighted by molar-refractivity contribution is -0.121. The summed E-state index contributed by atoms with van der Waals surface area (Å²) in [7, 11) is 0. The van der Waals surface area contributed by atoms with Crippen molar-refractivity contribution in [3.05, 3.63) is 29.8 Å². The van der Waals surface area contributed by atoms with E-state index in [1.165, 1.54) is 0 Å². The molecule has 3 N–H and O–H groups in total. The molecule has 0 aliphatic rings. The smallest absolute Gasteiger partial charge is 0.221 e. The van der Waals surface area contributed by atoms with Gasteiger partial charge in [0.05, 0.1) is 6.61 Å². The van der Waals surface area contributed by atoms with Crippen molar-refractivity contribution in [1.82, 2.24) is 5.32 Å². The summed E-state index contributed by atoms with van der Waals surface area (Å²) in [6.45, 7) is 5.04. The lowest BCUT2D eigenvalue weighted by Crippen LogP contribution is -2.31. The van der Waals surface area contributed by atoms with Crippen molar-refractivity contribution in [2.75, 3.05) is 13.2 Å². The number of halogens is 1. The van der Waals surface area contributed by atoms with Gasteiger partial charge in [0, 0.05) is 19.0 Å². The first-order valence-corrected chi connectivity index (χ1v) is 6.36. The summed E-state index contributed by atoms with van der Waals surface area (Å²) < 4.78 is 5.53. The zero-order valence-corrected chi connectivity index (χ0v) is 12.3. The number of carbonyl (C=O) groups excluding carboxylic acids is 1. The molecule has 1 aromatic rings. The number of para-hydroxylation sites is 1. The van der Waals surface area contributed by atoms with Crippen LogP contribution in [0.4, 0.5) is 0 Å². The lowest BCUT2D eigenvalue weighted by Gasteiger charge is -2.11. The number of rotatable bonds is 7. The summed E-state index contributed by atoms with van der Waals surface area (Å²) in [6.07, 6.45) is 1.13. The number of nitrogens with two attached hydrogens (primary N) is 1. The quantitative estimate of drug-likeness (QED) is 0.805. The Balaban J connectivity index is 0.00000324. The van der Waals surface area contributed by atoms with Crippen LogP contribution in [0.2, 0.25) is 0 Å². The summed E-state index contributed by atoms with van der Waals surface area (Å²) in [5.41, 5.74) is 6.67. The van der Waals surface area contributed by atoms with Crippen LogP contribution in [-0.4, -0.2) is 25.1 Å². The molecule has 0 fully saturated rings. The van der Waals surface area contributed by atoms with Crippen molar-refractivity contribution < 1.29 is 9.53 Å². The lowest BCUT2D eigenvalue weighted by atomic mass is 10.1. The maximum absolute atomic E-state index is 11.4. The molecule has 0 aliphatic heterocycles. The molecule has 5 heteroatoms. The monoisotopic (exact) mass is 286 g/mol. The molecule has 1 rings (SSSR count). The van der Waals surface area contributed by atoms with Gasteiger partial charge in [0.2, 0.25) is 5.91 Å². The van der Waals surface area contributed by atoms with Crippen molar-refractivity contribution in [2.45, 2.75) is 32.7 Å². The summed E-state index contributed by atoms with van der Waals surface area (Å²) in [4.78, 5) is 11.4. The fraction of sp³-hybridized carbons (Fsp3) is 0.500. The molecule has 0 radical (unpaired) electrons. The molecule has 1 unspecified atom stereocenters. The highest BCUT2D eigenvalue weighted by Crippen LogP contribution is 2.17. The van der Waals surface area contributed by atoms with Gasteiger partial charge in [0.1, 0.15) is 5.75 Å². The molecule has 19 heavy (non-hydrogen) atoms. The van der Waals surface area contributed by atoms with Crippen LogP contribution in [0.25, 0.3) is 0 Å². The first kappa shape index (κ1) is 17.7. The Morgan fingerprint density at radius 3 is 2.74 bits per heavy atom. The third-order valence-corrected chi connectivity index (χ3v) is 2.50. The van der Waals surface area contributed by atoms with Gasteiger partial charge in [-0.25, -0.2) is 0 Å². The van der Waals surface area contributed by atoms with Gasteiger partial charge in [0.25, 0.3) is 0 Å². The van der Waals surface area contributed by atoms with E-state index in [1.54, 1.807) is 0 Å². The Hall–Kier alpha value is -1.26. The van der Waals surface area contributed by atoms with Crippen molar-refractivity contribution in [1.29, 1.82) is 0 Å². The van der Waals surface area contributed by atoms with Crippen LogP contribution in [0.1, 0.15) is 25.8 Å². The number of amides is 1. The number of ether oxygens (including phenoxy) is 1. The van der Waals surface area contributed by atoms with Gasteiger partial charge in [-0.1, -0.05) is 18.2 Å². The highest BCUT2D eigenvalue weighted by Gasteiger charge is 2.06. The molecule has 1 atom stereocenters. The molecule has 1 aromatic carbocycles. The van der Waals surface area contributed by atoms with Crippen LogP contribution in [0.3, 0.4) is 0 Å². The third-order valence-electron chi connectivity index (χ3n) is 2.50. The van der Waals surface area contributed by atoms with E-state index in [-0.39, 0.29) is 24.4 Å². The first-order valence-electron chi connectivity index (χ1n) is 6.36. The molecule has 0 aromatic heterocycles. The minimum atomic E-state index is -0.0966. The van der Waals surface area contributed by atoms with Crippen LogP contribution >= 0.6 is 12.4 Å². The average Bonchev–Trinajstić information content (AvgIpc) is 2.30. The van der Waals surface area contributed by atoms with Crippen LogP contribution in [0, 0.1) is 0 Å². The van der Waals surface area contributed by atoms with Crippen LogP contribution in [0.15, 0.2) is 24.3 Å². The highest BCUT2D eigenvalue weighted by atomic mass is 35.5. The topological polar surface area (TPSA) is 64.3 Å². The average molecular weight is 287 g/mol.